The van der Waals surface area contributed by atoms with E-state index in [0.29, 0.717) is 12.6 Å². The number of hydrogen-bond acceptors (Lipinski definition) is 3. The van der Waals surface area contributed by atoms with Gasteiger partial charge in [0.15, 0.2) is 0 Å². The molecule has 2 atom stereocenters. The Bertz CT molecular complexity index is 432. The van der Waals surface area contributed by atoms with Gasteiger partial charge in [-0.2, -0.15) is 0 Å². The predicted molar refractivity (Wildman–Crippen MR) is 79.2 cm³/mol. The van der Waals surface area contributed by atoms with Crippen LogP contribution in [0.3, 0.4) is 0 Å². The summed E-state index contributed by atoms with van der Waals surface area (Å²) in [6.45, 7) is 4.20. The second kappa shape index (κ2) is 7.16. The molecule has 1 aliphatic heterocycles. The van der Waals surface area contributed by atoms with Crippen LogP contribution < -0.4 is 5.73 Å². The Balaban J connectivity index is 2.06. The normalized spacial score (nSPS) is 21.1. The van der Waals surface area contributed by atoms with E-state index in [1.165, 1.54) is 12.5 Å². The van der Waals surface area contributed by atoms with Crippen LogP contribution in [0.5, 0.6) is 0 Å². The van der Waals surface area contributed by atoms with Crippen LogP contribution in [0.25, 0.3) is 0 Å². The topological polar surface area (TPSA) is 38.5 Å². The van der Waals surface area contributed by atoms with Crippen molar-refractivity contribution in [2.45, 2.75) is 38.3 Å². The molecule has 0 aliphatic carbocycles. The van der Waals surface area contributed by atoms with Crippen molar-refractivity contribution in [2.24, 2.45) is 5.73 Å². The van der Waals surface area contributed by atoms with Crippen molar-refractivity contribution < 1.29 is 9.13 Å². The van der Waals surface area contributed by atoms with Crippen molar-refractivity contribution in [2.75, 3.05) is 26.7 Å². The van der Waals surface area contributed by atoms with Gasteiger partial charge in [0.05, 0.1) is 6.10 Å². The molecule has 1 fully saturated rings. The fourth-order valence-electron chi connectivity index (χ4n) is 2.96. The number of nitrogens with two attached hydrogens (primary N) is 1. The van der Waals surface area contributed by atoms with Crippen LogP contribution in [-0.2, 0) is 4.74 Å². The first kappa shape index (κ1) is 15.4. The molecule has 2 N–H and O–H groups in total. The highest BCUT2D eigenvalue weighted by Gasteiger charge is 2.22. The highest BCUT2D eigenvalue weighted by Crippen LogP contribution is 2.24. The first-order valence-electron chi connectivity index (χ1n) is 7.39. The molecular weight excluding hydrogens is 255 g/mol. The zero-order valence-electron chi connectivity index (χ0n) is 12.4. The molecule has 1 heterocycles. The first-order chi connectivity index (χ1) is 9.61. The van der Waals surface area contributed by atoms with Crippen LogP contribution in [0, 0.1) is 12.7 Å². The monoisotopic (exact) mass is 280 g/mol. The first-order valence-corrected chi connectivity index (χ1v) is 7.39. The van der Waals surface area contributed by atoms with Crippen LogP contribution in [0.1, 0.15) is 36.4 Å². The smallest absolute Gasteiger partial charge is 0.123 e. The molecule has 2 rings (SSSR count). The molecule has 1 aromatic carbocycles. The van der Waals surface area contributed by atoms with E-state index >= 15 is 0 Å². The number of halogens is 1. The molecule has 1 saturated heterocycles. The van der Waals surface area contributed by atoms with Crippen molar-refractivity contribution in [1.82, 2.24) is 4.90 Å². The van der Waals surface area contributed by atoms with Gasteiger partial charge >= 0.3 is 0 Å². The van der Waals surface area contributed by atoms with Gasteiger partial charge in [0.2, 0.25) is 0 Å². The third kappa shape index (κ3) is 3.78. The summed E-state index contributed by atoms with van der Waals surface area (Å²) in [4.78, 5) is 2.23. The third-order valence-corrected chi connectivity index (χ3v) is 4.11. The maximum absolute atomic E-state index is 13.2. The van der Waals surface area contributed by atoms with Crippen LogP contribution in [0.15, 0.2) is 18.2 Å². The molecular formula is C16H25FN2O. The Morgan fingerprint density at radius 1 is 1.45 bits per heavy atom. The lowest BCUT2D eigenvalue weighted by Crippen LogP contribution is -2.38. The number of nitrogens with zero attached hydrogens (tertiary/aromatic N) is 1. The van der Waals surface area contributed by atoms with E-state index < -0.39 is 0 Å². The standard InChI is InChI=1S/C16H25FN2O/c1-12-9-13(17)6-7-15(12)16(10-18)19(2)11-14-5-3-4-8-20-14/h6-7,9,14,16H,3-5,8,10-11,18H2,1-2H3. The highest BCUT2D eigenvalue weighted by molar-refractivity contribution is 5.29. The van der Waals surface area contributed by atoms with Crippen molar-refractivity contribution in [3.63, 3.8) is 0 Å². The quantitative estimate of drug-likeness (QED) is 0.901. The average molecular weight is 280 g/mol. The Kier molecular flexibility index (Phi) is 5.52. The molecule has 4 heteroatoms. The summed E-state index contributed by atoms with van der Waals surface area (Å²) in [5, 5.41) is 0. The molecule has 112 valence electrons. The van der Waals surface area contributed by atoms with Crippen LogP contribution >= 0.6 is 0 Å². The van der Waals surface area contributed by atoms with Gasteiger partial charge in [0, 0.05) is 25.7 Å². The minimum Gasteiger partial charge on any atom is -0.377 e. The molecule has 2 unspecified atom stereocenters. The maximum atomic E-state index is 13.2. The van der Waals surface area contributed by atoms with Gasteiger partial charge in [0.1, 0.15) is 5.82 Å². The molecule has 0 amide bonds. The molecule has 0 bridgehead atoms. The molecule has 0 spiro atoms. The van der Waals surface area contributed by atoms with Crippen LogP contribution in [0.4, 0.5) is 4.39 Å². The summed E-state index contributed by atoms with van der Waals surface area (Å²) in [5.74, 6) is -0.194. The largest absolute Gasteiger partial charge is 0.377 e. The molecule has 3 nitrogen and oxygen atoms in total. The predicted octanol–water partition coefficient (Wildman–Crippen LogP) is 2.63. The van der Waals surface area contributed by atoms with Gasteiger partial charge in [-0.15, -0.1) is 0 Å². The summed E-state index contributed by atoms with van der Waals surface area (Å²) >= 11 is 0. The Morgan fingerprint density at radius 3 is 2.85 bits per heavy atom. The average Bonchev–Trinajstić information content (AvgIpc) is 2.43. The molecule has 1 aromatic rings. The summed E-state index contributed by atoms with van der Waals surface area (Å²) < 4.78 is 19.0. The van der Waals surface area contributed by atoms with Gasteiger partial charge in [-0.25, -0.2) is 4.39 Å². The lowest BCUT2D eigenvalue weighted by molar-refractivity contribution is -0.00782. The van der Waals surface area contributed by atoms with E-state index in [-0.39, 0.29) is 11.9 Å². The van der Waals surface area contributed by atoms with Crippen molar-refractivity contribution >= 4 is 0 Å². The molecule has 1 aliphatic rings. The molecule has 0 aromatic heterocycles. The van der Waals surface area contributed by atoms with Crippen LogP contribution in [-0.4, -0.2) is 37.7 Å². The fourth-order valence-corrected chi connectivity index (χ4v) is 2.96. The van der Waals surface area contributed by atoms with Gasteiger partial charge in [-0.05, 0) is 56.5 Å². The minimum atomic E-state index is -0.194. The van der Waals surface area contributed by atoms with E-state index in [1.807, 2.05) is 13.0 Å². The van der Waals surface area contributed by atoms with Crippen molar-refractivity contribution in [1.29, 1.82) is 0 Å². The zero-order valence-corrected chi connectivity index (χ0v) is 12.4. The van der Waals surface area contributed by atoms with E-state index in [0.717, 1.165) is 37.1 Å². The minimum absolute atomic E-state index is 0.112. The van der Waals surface area contributed by atoms with E-state index in [4.69, 9.17) is 10.5 Å². The van der Waals surface area contributed by atoms with Gasteiger partial charge in [-0.3, -0.25) is 4.90 Å². The summed E-state index contributed by atoms with van der Waals surface area (Å²) in [6.07, 6.45) is 3.81. The Labute approximate surface area is 120 Å². The lowest BCUT2D eigenvalue weighted by Gasteiger charge is -2.33. The number of rotatable bonds is 5. The maximum Gasteiger partial charge on any atom is 0.123 e. The number of benzene rings is 1. The number of aryl methyl sites for hydroxylation is 1. The number of ether oxygens (including phenoxy) is 1. The van der Waals surface area contributed by atoms with Gasteiger partial charge in [0.25, 0.3) is 0 Å². The molecule has 20 heavy (non-hydrogen) atoms. The summed E-state index contributed by atoms with van der Waals surface area (Å²) in [7, 11) is 2.07. The molecule has 0 radical (unpaired) electrons. The van der Waals surface area contributed by atoms with Crippen LogP contribution in [0.2, 0.25) is 0 Å². The second-order valence-electron chi connectivity index (χ2n) is 5.68. The number of hydrogen-bond donors (Lipinski definition) is 1. The Morgan fingerprint density at radius 2 is 2.25 bits per heavy atom. The third-order valence-electron chi connectivity index (χ3n) is 4.11. The van der Waals surface area contributed by atoms with E-state index in [2.05, 4.69) is 11.9 Å². The van der Waals surface area contributed by atoms with Crippen molar-refractivity contribution in [3.05, 3.63) is 35.1 Å². The second-order valence-corrected chi connectivity index (χ2v) is 5.68. The zero-order chi connectivity index (χ0) is 14.5. The number of likely N-dealkylation sites (N-methyl/N-ethyl adjacent to an activating group) is 1. The van der Waals surface area contributed by atoms with Gasteiger partial charge < -0.3 is 10.5 Å². The molecule has 0 saturated carbocycles. The summed E-state index contributed by atoms with van der Waals surface area (Å²) in [5.41, 5.74) is 8.00. The highest BCUT2D eigenvalue weighted by atomic mass is 19.1. The van der Waals surface area contributed by atoms with E-state index in [9.17, 15) is 4.39 Å². The van der Waals surface area contributed by atoms with E-state index in [1.54, 1.807) is 6.07 Å². The van der Waals surface area contributed by atoms with Crippen molar-refractivity contribution in [3.8, 4) is 0 Å². The fraction of sp³-hybridized carbons (Fsp3) is 0.625. The van der Waals surface area contributed by atoms with Gasteiger partial charge in [-0.1, -0.05) is 6.07 Å². The lowest BCUT2D eigenvalue weighted by atomic mass is 9.99. The summed E-state index contributed by atoms with van der Waals surface area (Å²) in [6, 6.07) is 5.04. The SMILES string of the molecule is Cc1cc(F)ccc1C(CN)N(C)CC1CCCCO1. The Hall–Kier alpha value is -0.970.